The van der Waals surface area contributed by atoms with E-state index in [-0.39, 0.29) is 12.5 Å². The Morgan fingerprint density at radius 3 is 2.21 bits per heavy atom. The molecule has 0 atom stereocenters. The van der Waals surface area contributed by atoms with E-state index < -0.39 is 10.0 Å². The first-order valence-electron chi connectivity index (χ1n) is 7.89. The normalized spacial score (nSPS) is 15.2. The summed E-state index contributed by atoms with van der Waals surface area (Å²) in [4.78, 5) is 26.4. The summed E-state index contributed by atoms with van der Waals surface area (Å²) >= 11 is 0. The number of hydrogen-bond donors (Lipinski definition) is 0. The highest BCUT2D eigenvalue weighted by molar-refractivity contribution is 7.92. The molecule has 1 heterocycles. The van der Waals surface area contributed by atoms with Gasteiger partial charge < -0.3 is 9.80 Å². The van der Waals surface area contributed by atoms with Crippen molar-refractivity contribution < 1.29 is 18.0 Å². The number of carbonyl (C=O) groups excluding carboxylic acids is 2. The molecule has 1 aromatic rings. The number of amides is 2. The second kappa shape index (κ2) is 7.65. The van der Waals surface area contributed by atoms with E-state index in [9.17, 15) is 18.0 Å². The van der Waals surface area contributed by atoms with E-state index in [4.69, 9.17) is 0 Å². The van der Waals surface area contributed by atoms with Gasteiger partial charge >= 0.3 is 0 Å². The highest BCUT2D eigenvalue weighted by atomic mass is 32.2. The monoisotopic (exact) mass is 353 g/mol. The topological polar surface area (TPSA) is 78.0 Å². The van der Waals surface area contributed by atoms with Crippen LogP contribution in [0.1, 0.15) is 12.5 Å². The largest absolute Gasteiger partial charge is 0.342 e. The summed E-state index contributed by atoms with van der Waals surface area (Å²) in [6.45, 7) is 3.57. The predicted octanol–water partition coefficient (Wildman–Crippen LogP) is 0.316. The summed E-state index contributed by atoms with van der Waals surface area (Å²) < 4.78 is 25.3. The summed E-state index contributed by atoms with van der Waals surface area (Å²) in [5.74, 6) is -0.259. The minimum Gasteiger partial charge on any atom is -0.342 e. The lowest BCUT2D eigenvalue weighted by molar-refractivity contribution is -0.133. The van der Waals surface area contributed by atoms with Gasteiger partial charge in [0.2, 0.25) is 22.3 Å². The van der Waals surface area contributed by atoms with E-state index in [2.05, 4.69) is 0 Å². The number of benzene rings is 1. The molecule has 1 aromatic carbocycles. The van der Waals surface area contributed by atoms with E-state index in [1.54, 1.807) is 21.9 Å². The molecule has 2 rings (SSSR count). The van der Waals surface area contributed by atoms with Gasteiger partial charge in [0.1, 0.15) is 6.54 Å². The molecule has 0 N–H and O–H groups in total. The van der Waals surface area contributed by atoms with Gasteiger partial charge in [0.25, 0.3) is 0 Å². The SMILES string of the molecule is CCc1ccc(N(CC(=O)N2CCN(C=O)CC2)S(C)(=O)=O)cc1. The Morgan fingerprint density at radius 2 is 1.75 bits per heavy atom. The van der Waals surface area contributed by atoms with Gasteiger partial charge in [0.05, 0.1) is 11.9 Å². The lowest BCUT2D eigenvalue weighted by Gasteiger charge is -2.34. The van der Waals surface area contributed by atoms with Crippen molar-refractivity contribution in [1.82, 2.24) is 9.80 Å². The molecule has 1 saturated heterocycles. The Bertz CT molecular complexity index is 680. The molecule has 0 bridgehead atoms. The van der Waals surface area contributed by atoms with E-state index in [1.165, 1.54) is 0 Å². The summed E-state index contributed by atoms with van der Waals surface area (Å²) in [6.07, 6.45) is 2.72. The predicted molar refractivity (Wildman–Crippen MR) is 92.2 cm³/mol. The fraction of sp³-hybridized carbons (Fsp3) is 0.500. The number of carbonyl (C=O) groups is 2. The first-order valence-corrected chi connectivity index (χ1v) is 9.73. The van der Waals surface area contributed by atoms with Crippen molar-refractivity contribution in [3.05, 3.63) is 29.8 Å². The second-order valence-corrected chi connectivity index (χ2v) is 7.72. The Hall–Kier alpha value is -2.09. The molecular weight excluding hydrogens is 330 g/mol. The Kier molecular flexibility index (Phi) is 5.82. The Morgan fingerprint density at radius 1 is 1.17 bits per heavy atom. The van der Waals surface area contributed by atoms with Crippen LogP contribution in [-0.4, -0.2) is 69.5 Å². The summed E-state index contributed by atoms with van der Waals surface area (Å²) in [5.41, 5.74) is 1.58. The first-order chi connectivity index (χ1) is 11.3. The number of rotatable bonds is 6. The van der Waals surface area contributed by atoms with Crippen LogP contribution in [0.3, 0.4) is 0 Å². The molecule has 0 aromatic heterocycles. The van der Waals surface area contributed by atoms with Crippen LogP contribution in [0.25, 0.3) is 0 Å². The maximum absolute atomic E-state index is 12.5. The zero-order valence-electron chi connectivity index (χ0n) is 14.0. The first kappa shape index (κ1) is 18.3. The number of piperazine rings is 1. The molecule has 0 spiro atoms. The zero-order chi connectivity index (χ0) is 17.7. The van der Waals surface area contributed by atoms with Crippen molar-refractivity contribution in [2.24, 2.45) is 0 Å². The van der Waals surface area contributed by atoms with Crippen LogP contribution in [0, 0.1) is 0 Å². The van der Waals surface area contributed by atoms with Crippen LogP contribution in [0.2, 0.25) is 0 Å². The van der Waals surface area contributed by atoms with E-state index in [0.717, 1.165) is 29.0 Å². The van der Waals surface area contributed by atoms with Crippen LogP contribution < -0.4 is 4.31 Å². The molecule has 132 valence electrons. The van der Waals surface area contributed by atoms with Gasteiger partial charge in [-0.2, -0.15) is 0 Å². The fourth-order valence-electron chi connectivity index (χ4n) is 2.60. The van der Waals surface area contributed by atoms with Crippen molar-refractivity contribution in [3.63, 3.8) is 0 Å². The van der Waals surface area contributed by atoms with Crippen molar-refractivity contribution in [2.75, 3.05) is 43.3 Å². The average molecular weight is 353 g/mol. The minimum absolute atomic E-state index is 0.231. The smallest absolute Gasteiger partial charge is 0.243 e. The summed E-state index contributed by atoms with van der Waals surface area (Å²) in [6, 6.07) is 7.16. The van der Waals surface area contributed by atoms with Gasteiger partial charge in [-0.1, -0.05) is 19.1 Å². The molecule has 0 unspecified atom stereocenters. The van der Waals surface area contributed by atoms with Crippen molar-refractivity contribution in [1.29, 1.82) is 0 Å². The second-order valence-electron chi connectivity index (χ2n) is 5.81. The van der Waals surface area contributed by atoms with Gasteiger partial charge in [-0.15, -0.1) is 0 Å². The third-order valence-electron chi connectivity index (χ3n) is 4.13. The third kappa shape index (κ3) is 4.47. The molecular formula is C16H23N3O4S. The third-order valence-corrected chi connectivity index (χ3v) is 5.27. The van der Waals surface area contributed by atoms with E-state index in [0.29, 0.717) is 31.9 Å². The molecule has 0 aliphatic carbocycles. The standard InChI is InChI=1S/C16H23N3O4S/c1-3-14-4-6-15(7-5-14)19(24(2,22)23)12-16(21)18-10-8-17(13-20)9-11-18/h4-7,13H,3,8-12H2,1-2H3. The quantitative estimate of drug-likeness (QED) is 0.690. The van der Waals surface area contributed by atoms with Crippen molar-refractivity contribution in [3.8, 4) is 0 Å². The number of hydrogen-bond acceptors (Lipinski definition) is 4. The Balaban J connectivity index is 2.11. The Labute approximate surface area is 142 Å². The molecule has 2 amide bonds. The minimum atomic E-state index is -3.57. The van der Waals surface area contributed by atoms with Gasteiger partial charge in [-0.05, 0) is 24.1 Å². The number of nitrogens with zero attached hydrogens (tertiary/aromatic N) is 3. The maximum Gasteiger partial charge on any atom is 0.243 e. The molecule has 8 heteroatoms. The molecule has 1 aliphatic heterocycles. The average Bonchev–Trinajstić information content (AvgIpc) is 2.58. The van der Waals surface area contributed by atoms with Crippen molar-refractivity contribution >= 4 is 28.0 Å². The molecule has 0 saturated carbocycles. The molecule has 0 radical (unpaired) electrons. The fourth-order valence-corrected chi connectivity index (χ4v) is 3.45. The number of aryl methyl sites for hydroxylation is 1. The summed E-state index contributed by atoms with van der Waals surface area (Å²) in [7, 11) is -3.57. The van der Waals surface area contributed by atoms with Crippen LogP contribution in [-0.2, 0) is 26.0 Å². The van der Waals surface area contributed by atoms with E-state index >= 15 is 0 Å². The lowest BCUT2D eigenvalue weighted by Crippen LogP contribution is -2.51. The number of sulfonamides is 1. The zero-order valence-corrected chi connectivity index (χ0v) is 14.8. The van der Waals surface area contributed by atoms with Crippen LogP contribution in [0.15, 0.2) is 24.3 Å². The van der Waals surface area contributed by atoms with Gasteiger partial charge in [-0.3, -0.25) is 13.9 Å². The highest BCUT2D eigenvalue weighted by Crippen LogP contribution is 2.19. The van der Waals surface area contributed by atoms with Crippen molar-refractivity contribution in [2.45, 2.75) is 13.3 Å². The lowest BCUT2D eigenvalue weighted by atomic mass is 10.1. The van der Waals surface area contributed by atoms with Gasteiger partial charge in [0.15, 0.2) is 0 Å². The van der Waals surface area contributed by atoms with E-state index in [1.807, 2.05) is 19.1 Å². The molecule has 1 fully saturated rings. The number of anilines is 1. The summed E-state index contributed by atoms with van der Waals surface area (Å²) in [5, 5.41) is 0. The molecule has 1 aliphatic rings. The van der Waals surface area contributed by atoms with Crippen LogP contribution >= 0.6 is 0 Å². The van der Waals surface area contributed by atoms with Crippen LogP contribution in [0.5, 0.6) is 0 Å². The van der Waals surface area contributed by atoms with Crippen LogP contribution in [0.4, 0.5) is 5.69 Å². The molecule has 7 nitrogen and oxygen atoms in total. The van der Waals surface area contributed by atoms with Gasteiger partial charge in [-0.25, -0.2) is 8.42 Å². The highest BCUT2D eigenvalue weighted by Gasteiger charge is 2.26. The van der Waals surface area contributed by atoms with Gasteiger partial charge in [0, 0.05) is 26.2 Å². The molecule has 24 heavy (non-hydrogen) atoms. The maximum atomic E-state index is 12.5.